The first-order chi connectivity index (χ1) is 9.12. The lowest BCUT2D eigenvalue weighted by Gasteiger charge is -2.42. The van der Waals surface area contributed by atoms with Crippen LogP contribution in [-0.4, -0.2) is 27.2 Å². The number of benzene rings is 1. The molecule has 2 aliphatic rings. The van der Waals surface area contributed by atoms with Crippen molar-refractivity contribution in [1.29, 1.82) is 0 Å². The Hall–Kier alpha value is -1.22. The second kappa shape index (κ2) is 4.71. The predicted molar refractivity (Wildman–Crippen MR) is 81.9 cm³/mol. The maximum atomic E-state index is 6.77. The van der Waals surface area contributed by atoms with Gasteiger partial charge >= 0.3 is 0 Å². The van der Waals surface area contributed by atoms with E-state index in [1.807, 2.05) is 0 Å². The van der Waals surface area contributed by atoms with Gasteiger partial charge in [0.25, 0.3) is 0 Å². The summed E-state index contributed by atoms with van der Waals surface area (Å²) < 4.78 is 0. The molecular weight excluding hydrogens is 234 g/mol. The van der Waals surface area contributed by atoms with E-state index >= 15 is 0 Å². The zero-order chi connectivity index (χ0) is 13.5. The highest BCUT2D eigenvalue weighted by atomic mass is 15.2. The van der Waals surface area contributed by atoms with Gasteiger partial charge in [-0.05, 0) is 24.5 Å². The molecule has 1 aliphatic carbocycles. The molecule has 0 aromatic heterocycles. The lowest BCUT2D eigenvalue weighted by Crippen LogP contribution is -2.43. The van der Waals surface area contributed by atoms with Crippen LogP contribution < -0.4 is 15.5 Å². The molecule has 2 N–H and O–H groups in total. The zero-order valence-electron chi connectivity index (χ0n) is 12.2. The predicted octanol–water partition coefficient (Wildman–Crippen LogP) is 2.69. The molecule has 1 heterocycles. The van der Waals surface area contributed by atoms with Crippen molar-refractivity contribution in [2.75, 3.05) is 37.0 Å². The summed E-state index contributed by atoms with van der Waals surface area (Å²) in [4.78, 5) is 4.74. The fourth-order valence-corrected chi connectivity index (χ4v) is 3.63. The number of nitrogens with zero attached hydrogens (tertiary/aromatic N) is 2. The number of rotatable bonds is 1. The number of fused-ring (bicyclic) bond motifs is 1. The van der Waals surface area contributed by atoms with Gasteiger partial charge in [-0.3, -0.25) is 0 Å². The summed E-state index contributed by atoms with van der Waals surface area (Å²) in [5, 5.41) is 0. The van der Waals surface area contributed by atoms with E-state index in [-0.39, 0.29) is 5.54 Å². The molecule has 3 rings (SSSR count). The molecule has 0 bridgehead atoms. The number of para-hydroxylation sites is 1. The highest BCUT2D eigenvalue weighted by Crippen LogP contribution is 2.44. The fourth-order valence-electron chi connectivity index (χ4n) is 3.63. The number of hydrogen-bond donors (Lipinski definition) is 1. The van der Waals surface area contributed by atoms with Crippen molar-refractivity contribution in [3.05, 3.63) is 23.8 Å². The van der Waals surface area contributed by atoms with Crippen molar-refractivity contribution in [2.24, 2.45) is 5.73 Å². The molecule has 19 heavy (non-hydrogen) atoms. The van der Waals surface area contributed by atoms with Gasteiger partial charge in [-0.15, -0.1) is 0 Å². The molecule has 1 saturated carbocycles. The van der Waals surface area contributed by atoms with Crippen molar-refractivity contribution in [1.82, 2.24) is 0 Å². The fraction of sp³-hybridized carbons (Fsp3) is 0.625. The number of likely N-dealkylation sites (N-methyl/N-ethyl adjacent to an activating group) is 2. The minimum atomic E-state index is -0.115. The van der Waals surface area contributed by atoms with Gasteiger partial charge in [0, 0.05) is 32.7 Å². The van der Waals surface area contributed by atoms with Gasteiger partial charge < -0.3 is 15.5 Å². The Labute approximate surface area is 116 Å². The summed E-state index contributed by atoms with van der Waals surface area (Å²) in [5.74, 6) is 0. The van der Waals surface area contributed by atoms with E-state index in [0.717, 1.165) is 25.9 Å². The molecule has 1 fully saturated rings. The normalized spacial score (nSPS) is 22.3. The first-order valence-electron chi connectivity index (χ1n) is 7.46. The molecule has 1 aliphatic heterocycles. The monoisotopic (exact) mass is 259 g/mol. The minimum Gasteiger partial charge on any atom is -0.371 e. The minimum absolute atomic E-state index is 0.115. The van der Waals surface area contributed by atoms with Gasteiger partial charge in [0.2, 0.25) is 0 Å². The third-order valence-corrected chi connectivity index (χ3v) is 4.86. The lowest BCUT2D eigenvalue weighted by molar-refractivity contribution is 0.302. The van der Waals surface area contributed by atoms with Crippen LogP contribution in [0, 0.1) is 0 Å². The summed E-state index contributed by atoms with van der Waals surface area (Å²) in [6.45, 7) is 2.17. The summed E-state index contributed by atoms with van der Waals surface area (Å²) in [6, 6.07) is 6.65. The number of hydrogen-bond acceptors (Lipinski definition) is 3. The molecule has 3 heteroatoms. The molecule has 0 saturated heterocycles. The van der Waals surface area contributed by atoms with E-state index in [2.05, 4.69) is 42.1 Å². The molecule has 1 aromatic carbocycles. The Morgan fingerprint density at radius 2 is 1.68 bits per heavy atom. The van der Waals surface area contributed by atoms with Crippen LogP contribution in [0.2, 0.25) is 0 Å². The Morgan fingerprint density at radius 1 is 1.00 bits per heavy atom. The largest absolute Gasteiger partial charge is 0.371 e. The van der Waals surface area contributed by atoms with Crippen LogP contribution in [-0.2, 0) is 5.54 Å². The number of nitrogens with two attached hydrogens (primary N) is 1. The molecule has 0 atom stereocenters. The quantitative estimate of drug-likeness (QED) is 0.841. The van der Waals surface area contributed by atoms with Crippen molar-refractivity contribution in [2.45, 2.75) is 37.6 Å². The molecule has 0 unspecified atom stereocenters. The first kappa shape index (κ1) is 12.8. The number of anilines is 2. The summed E-state index contributed by atoms with van der Waals surface area (Å²) >= 11 is 0. The molecule has 0 radical (unpaired) electrons. The second-order valence-electron chi connectivity index (χ2n) is 6.23. The van der Waals surface area contributed by atoms with Crippen LogP contribution in [0.4, 0.5) is 11.4 Å². The van der Waals surface area contributed by atoms with Crippen LogP contribution in [0.5, 0.6) is 0 Å². The van der Waals surface area contributed by atoms with Crippen LogP contribution in [0.1, 0.15) is 37.7 Å². The zero-order valence-corrected chi connectivity index (χ0v) is 12.2. The van der Waals surface area contributed by atoms with E-state index in [0.29, 0.717) is 0 Å². The van der Waals surface area contributed by atoms with E-state index in [1.54, 1.807) is 0 Å². The van der Waals surface area contributed by atoms with Crippen LogP contribution in [0.25, 0.3) is 0 Å². The van der Waals surface area contributed by atoms with Crippen LogP contribution >= 0.6 is 0 Å². The summed E-state index contributed by atoms with van der Waals surface area (Å²) in [5.41, 5.74) is 10.7. The third kappa shape index (κ3) is 2.10. The molecule has 0 amide bonds. The van der Waals surface area contributed by atoms with Gasteiger partial charge in [-0.25, -0.2) is 0 Å². The van der Waals surface area contributed by atoms with Crippen molar-refractivity contribution in [3.63, 3.8) is 0 Å². The standard InChI is InChI=1S/C16H25N3/c1-18-11-12-19(2)15-13(7-6-8-14(15)18)16(17)9-4-3-5-10-16/h6-8H,3-5,9-12,17H2,1-2H3. The maximum Gasteiger partial charge on any atom is 0.0653 e. The average molecular weight is 259 g/mol. The molecule has 104 valence electrons. The Bertz CT molecular complexity index is 463. The molecule has 1 aromatic rings. The van der Waals surface area contributed by atoms with Gasteiger partial charge in [-0.2, -0.15) is 0 Å². The van der Waals surface area contributed by atoms with Crippen molar-refractivity contribution < 1.29 is 0 Å². The molecule has 0 spiro atoms. The van der Waals surface area contributed by atoms with Gasteiger partial charge in [-0.1, -0.05) is 31.4 Å². The average Bonchev–Trinajstić information content (AvgIpc) is 2.43. The summed E-state index contributed by atoms with van der Waals surface area (Å²) in [6.07, 6.45) is 6.12. The first-order valence-corrected chi connectivity index (χ1v) is 7.46. The Balaban J connectivity index is 2.09. The van der Waals surface area contributed by atoms with Gasteiger partial charge in [0.1, 0.15) is 0 Å². The Morgan fingerprint density at radius 3 is 2.42 bits per heavy atom. The lowest BCUT2D eigenvalue weighted by atomic mass is 9.76. The highest BCUT2D eigenvalue weighted by Gasteiger charge is 2.34. The van der Waals surface area contributed by atoms with E-state index in [1.165, 1.54) is 36.2 Å². The molecule has 3 nitrogen and oxygen atoms in total. The Kier molecular flexibility index (Phi) is 3.17. The van der Waals surface area contributed by atoms with E-state index in [9.17, 15) is 0 Å². The third-order valence-electron chi connectivity index (χ3n) is 4.86. The smallest absolute Gasteiger partial charge is 0.0653 e. The van der Waals surface area contributed by atoms with Crippen molar-refractivity contribution >= 4 is 11.4 Å². The van der Waals surface area contributed by atoms with Gasteiger partial charge in [0.15, 0.2) is 0 Å². The molecular formula is C16H25N3. The second-order valence-corrected chi connectivity index (χ2v) is 6.23. The van der Waals surface area contributed by atoms with E-state index < -0.39 is 0 Å². The van der Waals surface area contributed by atoms with Gasteiger partial charge in [0.05, 0.1) is 11.4 Å². The SMILES string of the molecule is CN1CCN(C)c2c1cccc2C1(N)CCCCC1. The van der Waals surface area contributed by atoms with Crippen LogP contribution in [0.3, 0.4) is 0 Å². The topological polar surface area (TPSA) is 32.5 Å². The van der Waals surface area contributed by atoms with Crippen molar-refractivity contribution in [3.8, 4) is 0 Å². The maximum absolute atomic E-state index is 6.77. The van der Waals surface area contributed by atoms with E-state index in [4.69, 9.17) is 5.73 Å². The van der Waals surface area contributed by atoms with Crippen LogP contribution in [0.15, 0.2) is 18.2 Å². The summed E-state index contributed by atoms with van der Waals surface area (Å²) in [7, 11) is 4.38. The highest BCUT2D eigenvalue weighted by molar-refractivity contribution is 5.77.